The fourth-order valence-corrected chi connectivity index (χ4v) is 2.67. The van der Waals surface area contributed by atoms with E-state index in [2.05, 4.69) is 18.2 Å². The minimum absolute atomic E-state index is 0.567. The summed E-state index contributed by atoms with van der Waals surface area (Å²) in [6.45, 7) is 0.567. The predicted molar refractivity (Wildman–Crippen MR) is 94.9 cm³/mol. The van der Waals surface area contributed by atoms with Crippen LogP contribution in [0.4, 0.5) is 0 Å². The molecule has 1 heterocycles. The van der Waals surface area contributed by atoms with Gasteiger partial charge in [-0.2, -0.15) is 5.10 Å². The molecule has 0 fully saturated rings. The van der Waals surface area contributed by atoms with Crippen molar-refractivity contribution in [2.75, 3.05) is 20.8 Å². The van der Waals surface area contributed by atoms with Gasteiger partial charge in [0, 0.05) is 18.1 Å². The van der Waals surface area contributed by atoms with Crippen molar-refractivity contribution in [2.24, 2.45) is 5.73 Å². The van der Waals surface area contributed by atoms with Crippen molar-refractivity contribution < 1.29 is 9.47 Å². The highest BCUT2D eigenvalue weighted by molar-refractivity contribution is 5.63. The Hall–Kier alpha value is -2.79. The molecule has 24 heavy (non-hydrogen) atoms. The third-order valence-corrected chi connectivity index (χ3v) is 3.84. The highest BCUT2D eigenvalue weighted by Gasteiger charge is 2.13. The third-order valence-electron chi connectivity index (χ3n) is 3.84. The Morgan fingerprint density at radius 1 is 0.958 bits per heavy atom. The lowest BCUT2D eigenvalue weighted by Crippen LogP contribution is -2.05. The Balaban J connectivity index is 2.13. The molecule has 0 saturated carbocycles. The Morgan fingerprint density at radius 3 is 2.38 bits per heavy atom. The Bertz CT molecular complexity index is 813. The number of benzene rings is 2. The molecule has 2 aromatic carbocycles. The molecule has 0 unspecified atom stereocenters. The Kier molecular flexibility index (Phi) is 4.82. The summed E-state index contributed by atoms with van der Waals surface area (Å²) in [6.07, 6.45) is 0.736. The highest BCUT2D eigenvalue weighted by atomic mass is 16.5. The summed E-state index contributed by atoms with van der Waals surface area (Å²) in [5.41, 5.74) is 9.69. The van der Waals surface area contributed by atoms with E-state index in [1.54, 1.807) is 14.2 Å². The average molecular weight is 323 g/mol. The molecule has 0 radical (unpaired) electrons. The minimum atomic E-state index is 0.567. The molecule has 0 spiro atoms. The summed E-state index contributed by atoms with van der Waals surface area (Å²) in [7, 11) is 3.25. The first-order chi connectivity index (χ1) is 11.8. The highest BCUT2D eigenvalue weighted by Crippen LogP contribution is 2.31. The number of rotatable bonds is 6. The van der Waals surface area contributed by atoms with Crippen molar-refractivity contribution in [3.8, 4) is 28.4 Å². The van der Waals surface area contributed by atoms with Crippen molar-refractivity contribution in [3.63, 3.8) is 0 Å². The van der Waals surface area contributed by atoms with E-state index in [-0.39, 0.29) is 0 Å². The number of hydrogen-bond donors (Lipinski definition) is 1. The number of aromatic nitrogens is 2. The SMILES string of the molecule is COc1ccc(-n2nc(CCN)cc2-c2ccccc2)cc1OC. The van der Waals surface area contributed by atoms with Crippen LogP contribution in [0.3, 0.4) is 0 Å². The minimum Gasteiger partial charge on any atom is -0.493 e. The second-order valence-electron chi connectivity index (χ2n) is 5.38. The maximum Gasteiger partial charge on any atom is 0.162 e. The van der Waals surface area contributed by atoms with Gasteiger partial charge in [0.2, 0.25) is 0 Å². The van der Waals surface area contributed by atoms with E-state index in [9.17, 15) is 0 Å². The molecule has 5 nitrogen and oxygen atoms in total. The van der Waals surface area contributed by atoms with Crippen LogP contribution in [-0.4, -0.2) is 30.5 Å². The lowest BCUT2D eigenvalue weighted by Gasteiger charge is -2.12. The van der Waals surface area contributed by atoms with Crippen LogP contribution >= 0.6 is 0 Å². The molecule has 0 bridgehead atoms. The molecule has 124 valence electrons. The van der Waals surface area contributed by atoms with Gasteiger partial charge in [-0.1, -0.05) is 30.3 Å². The lowest BCUT2D eigenvalue weighted by atomic mass is 10.1. The van der Waals surface area contributed by atoms with Gasteiger partial charge in [0.05, 0.1) is 31.3 Å². The van der Waals surface area contributed by atoms with E-state index < -0.39 is 0 Å². The van der Waals surface area contributed by atoms with E-state index in [0.717, 1.165) is 29.1 Å². The van der Waals surface area contributed by atoms with Gasteiger partial charge in [0.1, 0.15) is 0 Å². The van der Waals surface area contributed by atoms with Crippen LogP contribution in [0.5, 0.6) is 11.5 Å². The molecule has 0 aliphatic carbocycles. The van der Waals surface area contributed by atoms with Gasteiger partial charge in [-0.3, -0.25) is 0 Å². The average Bonchev–Trinajstić information content (AvgIpc) is 3.06. The van der Waals surface area contributed by atoms with Crippen LogP contribution in [-0.2, 0) is 6.42 Å². The van der Waals surface area contributed by atoms with Crippen molar-refractivity contribution in [3.05, 3.63) is 60.3 Å². The van der Waals surface area contributed by atoms with Crippen LogP contribution in [0, 0.1) is 0 Å². The molecule has 0 atom stereocenters. The number of nitrogens with zero attached hydrogens (tertiary/aromatic N) is 2. The Labute approximate surface area is 141 Å². The summed E-state index contributed by atoms with van der Waals surface area (Å²) in [6, 6.07) is 18.0. The number of nitrogens with two attached hydrogens (primary N) is 1. The zero-order chi connectivity index (χ0) is 16.9. The number of methoxy groups -OCH3 is 2. The zero-order valence-electron chi connectivity index (χ0n) is 13.9. The molecule has 0 aliphatic rings. The normalized spacial score (nSPS) is 10.6. The van der Waals surface area contributed by atoms with E-state index in [1.165, 1.54) is 0 Å². The third kappa shape index (κ3) is 3.12. The summed E-state index contributed by atoms with van der Waals surface area (Å²) >= 11 is 0. The van der Waals surface area contributed by atoms with Gasteiger partial charge in [-0.05, 0) is 24.7 Å². The summed E-state index contributed by atoms with van der Waals surface area (Å²) in [5, 5.41) is 4.72. The maximum absolute atomic E-state index is 5.69. The zero-order valence-corrected chi connectivity index (χ0v) is 13.9. The van der Waals surface area contributed by atoms with Gasteiger partial charge in [-0.25, -0.2) is 4.68 Å². The molecular formula is C19H21N3O2. The molecule has 0 aliphatic heterocycles. The molecule has 0 saturated heterocycles. The van der Waals surface area contributed by atoms with Crippen molar-refractivity contribution in [1.29, 1.82) is 0 Å². The van der Waals surface area contributed by atoms with E-state index >= 15 is 0 Å². The topological polar surface area (TPSA) is 62.3 Å². The van der Waals surface area contributed by atoms with Crippen LogP contribution < -0.4 is 15.2 Å². The van der Waals surface area contributed by atoms with Gasteiger partial charge < -0.3 is 15.2 Å². The Morgan fingerprint density at radius 2 is 1.71 bits per heavy atom. The van der Waals surface area contributed by atoms with Crippen molar-refractivity contribution in [2.45, 2.75) is 6.42 Å². The van der Waals surface area contributed by atoms with Crippen LogP contribution in [0.1, 0.15) is 5.69 Å². The van der Waals surface area contributed by atoms with Gasteiger partial charge in [0.15, 0.2) is 11.5 Å². The molecule has 2 N–H and O–H groups in total. The molecule has 0 amide bonds. The standard InChI is InChI=1S/C19H21N3O2/c1-23-18-9-8-16(13-19(18)24-2)22-17(12-15(21-22)10-11-20)14-6-4-3-5-7-14/h3-9,12-13H,10-11,20H2,1-2H3. The van der Waals surface area contributed by atoms with Crippen molar-refractivity contribution >= 4 is 0 Å². The molecule has 5 heteroatoms. The largest absolute Gasteiger partial charge is 0.493 e. The monoisotopic (exact) mass is 323 g/mol. The first-order valence-corrected chi connectivity index (χ1v) is 7.83. The predicted octanol–water partition coefficient (Wildman–Crippen LogP) is 3.06. The molecule has 3 aromatic rings. The van der Waals surface area contributed by atoms with Crippen LogP contribution in [0.2, 0.25) is 0 Å². The first kappa shape index (κ1) is 16.1. The maximum atomic E-state index is 5.69. The summed E-state index contributed by atoms with van der Waals surface area (Å²) < 4.78 is 12.6. The first-order valence-electron chi connectivity index (χ1n) is 7.83. The van der Waals surface area contributed by atoms with E-state index in [0.29, 0.717) is 18.0 Å². The van der Waals surface area contributed by atoms with E-state index in [4.69, 9.17) is 20.3 Å². The summed E-state index contributed by atoms with van der Waals surface area (Å²) in [4.78, 5) is 0. The van der Waals surface area contributed by atoms with Gasteiger partial charge >= 0.3 is 0 Å². The van der Waals surface area contributed by atoms with Crippen LogP contribution in [0.25, 0.3) is 16.9 Å². The fraction of sp³-hybridized carbons (Fsp3) is 0.211. The lowest BCUT2D eigenvalue weighted by molar-refractivity contribution is 0.355. The summed E-state index contributed by atoms with van der Waals surface area (Å²) in [5.74, 6) is 1.36. The molecular weight excluding hydrogens is 302 g/mol. The number of hydrogen-bond acceptors (Lipinski definition) is 4. The van der Waals surface area contributed by atoms with Crippen LogP contribution in [0.15, 0.2) is 54.6 Å². The molecule has 3 rings (SSSR count). The quantitative estimate of drug-likeness (QED) is 0.757. The van der Waals surface area contributed by atoms with Gasteiger partial charge in [0.25, 0.3) is 0 Å². The fourth-order valence-electron chi connectivity index (χ4n) is 2.67. The number of ether oxygens (including phenoxy) is 2. The smallest absolute Gasteiger partial charge is 0.162 e. The second-order valence-corrected chi connectivity index (χ2v) is 5.38. The van der Waals surface area contributed by atoms with E-state index in [1.807, 2.05) is 41.1 Å². The van der Waals surface area contributed by atoms with Gasteiger partial charge in [-0.15, -0.1) is 0 Å². The molecule has 1 aromatic heterocycles. The second kappa shape index (κ2) is 7.19. The van der Waals surface area contributed by atoms with Crippen molar-refractivity contribution in [1.82, 2.24) is 9.78 Å².